The number of methoxy groups -OCH3 is 1. The van der Waals surface area contributed by atoms with Crippen molar-refractivity contribution in [2.75, 3.05) is 32.2 Å². The van der Waals surface area contributed by atoms with Crippen molar-refractivity contribution in [3.8, 4) is 5.75 Å². The number of hydrogen-bond acceptors (Lipinski definition) is 7. The van der Waals surface area contributed by atoms with Crippen LogP contribution in [0.5, 0.6) is 5.75 Å². The summed E-state index contributed by atoms with van der Waals surface area (Å²) in [5.41, 5.74) is 4.45. The maximum absolute atomic E-state index is 6.69. The van der Waals surface area contributed by atoms with Crippen molar-refractivity contribution in [2.24, 2.45) is 0 Å². The summed E-state index contributed by atoms with van der Waals surface area (Å²) in [5, 5.41) is 8.82. The molecular weight excluding hydrogens is 611 g/mol. The molecule has 1 fully saturated rings. The second-order valence-electron chi connectivity index (χ2n) is 12.8. The zero-order valence-electron chi connectivity index (χ0n) is 29.4. The number of hydrogen-bond donors (Lipinski definition) is 1. The minimum absolute atomic E-state index is 0.196. The summed E-state index contributed by atoms with van der Waals surface area (Å²) in [5.74, 6) is 1.49. The fourth-order valence-corrected chi connectivity index (χ4v) is 6.96. The van der Waals surface area contributed by atoms with Gasteiger partial charge in [0.05, 0.1) is 19.4 Å². The molecule has 3 aromatic carbocycles. The van der Waals surface area contributed by atoms with E-state index in [1.165, 1.54) is 0 Å². The van der Waals surface area contributed by atoms with Crippen molar-refractivity contribution < 1.29 is 18.9 Å². The van der Waals surface area contributed by atoms with Crippen molar-refractivity contribution >= 4 is 24.1 Å². The van der Waals surface area contributed by atoms with E-state index in [4.69, 9.17) is 29.0 Å². The van der Waals surface area contributed by atoms with Crippen molar-refractivity contribution in [1.29, 1.82) is 0 Å². The standard InChI is InChI=1S/C40H48BN4O4/c1-6-8-24-47-35-27-48-37(39(35,3)49-25-9-7-2)34-26-33(41-4)36-38(42-28-43-45(34)36)44-40(29-16-12-10-13-17-29,30-18-14-11-15-19-30)31-20-22-32(46-5)23-21-31/h10-23,26,28,35,37H,6-9,24-25,27H2,1-5H3,(H,42,43,44)/t35-,37+,39-/m1/s1. The molecule has 1 saturated heterocycles. The van der Waals surface area contributed by atoms with E-state index in [0.717, 1.165) is 64.8 Å². The van der Waals surface area contributed by atoms with E-state index >= 15 is 0 Å². The van der Waals surface area contributed by atoms with E-state index in [9.17, 15) is 0 Å². The average Bonchev–Trinajstić information content (AvgIpc) is 3.68. The van der Waals surface area contributed by atoms with E-state index in [2.05, 4.69) is 100 Å². The molecule has 0 aliphatic carbocycles. The van der Waals surface area contributed by atoms with Gasteiger partial charge >= 0.3 is 0 Å². The minimum atomic E-state index is -0.807. The summed E-state index contributed by atoms with van der Waals surface area (Å²) in [6, 6.07) is 31.4. The number of anilines is 1. The maximum Gasteiger partial charge on any atom is 0.154 e. The molecule has 9 heteroatoms. The molecular formula is C40H48BN4O4. The highest BCUT2D eigenvalue weighted by molar-refractivity contribution is 6.55. The van der Waals surface area contributed by atoms with Crippen molar-refractivity contribution in [3.05, 3.63) is 120 Å². The first-order valence-corrected chi connectivity index (χ1v) is 17.6. The predicted octanol–water partition coefficient (Wildman–Crippen LogP) is 7.35. The SMILES string of the molecule is C[B]c1cc([C@@H]2OC[C@@H](OCCCC)[C@@]2(C)OCCCC)n2ncnc(NC(c3ccccc3)(c3ccccc3)c3ccc(OC)cc3)c12. The Kier molecular flexibility index (Phi) is 11.0. The highest BCUT2D eigenvalue weighted by Gasteiger charge is 2.52. The molecule has 1 aliphatic rings. The average molecular weight is 660 g/mol. The first-order valence-electron chi connectivity index (χ1n) is 17.6. The van der Waals surface area contributed by atoms with Crippen molar-refractivity contribution in [1.82, 2.24) is 14.6 Å². The third-order valence-electron chi connectivity index (χ3n) is 9.74. The number of nitrogens with one attached hydrogen (secondary N) is 1. The van der Waals surface area contributed by atoms with Gasteiger partial charge in [0.2, 0.25) is 0 Å². The molecule has 3 atom stereocenters. The summed E-state index contributed by atoms with van der Waals surface area (Å²) in [4.78, 5) is 4.93. The van der Waals surface area contributed by atoms with Gasteiger partial charge in [0.1, 0.15) is 40.9 Å². The van der Waals surface area contributed by atoms with Gasteiger partial charge in [0, 0.05) is 13.2 Å². The summed E-state index contributed by atoms with van der Waals surface area (Å²) >= 11 is 0. The van der Waals surface area contributed by atoms with Crippen LogP contribution >= 0.6 is 0 Å². The minimum Gasteiger partial charge on any atom is -0.497 e. The molecule has 0 amide bonds. The van der Waals surface area contributed by atoms with E-state index in [-0.39, 0.29) is 6.10 Å². The Labute approximate surface area is 291 Å². The van der Waals surface area contributed by atoms with E-state index in [1.807, 2.05) is 35.6 Å². The Bertz CT molecular complexity index is 1740. The number of aromatic nitrogens is 3. The molecule has 0 unspecified atom stereocenters. The molecule has 8 nitrogen and oxygen atoms in total. The van der Waals surface area contributed by atoms with E-state index in [0.29, 0.717) is 25.6 Å². The Balaban J connectivity index is 1.51. The summed E-state index contributed by atoms with van der Waals surface area (Å²) in [6.45, 7) is 10.3. The first-order chi connectivity index (χ1) is 24.0. The number of ether oxygens (including phenoxy) is 4. The zero-order chi connectivity index (χ0) is 34.3. The Morgan fingerprint density at radius 1 is 0.918 bits per heavy atom. The molecule has 0 bridgehead atoms. The van der Waals surface area contributed by atoms with Gasteiger partial charge < -0.3 is 24.3 Å². The lowest BCUT2D eigenvalue weighted by Gasteiger charge is -2.37. The molecule has 0 spiro atoms. The Morgan fingerprint density at radius 2 is 1.55 bits per heavy atom. The van der Waals surface area contributed by atoms with Crippen LogP contribution in [-0.4, -0.2) is 60.5 Å². The van der Waals surface area contributed by atoms with Crippen LogP contribution in [0, 0.1) is 0 Å². The monoisotopic (exact) mass is 659 g/mol. The van der Waals surface area contributed by atoms with Crippen molar-refractivity contribution in [3.63, 3.8) is 0 Å². The number of fused-ring (bicyclic) bond motifs is 1. The molecule has 0 saturated carbocycles. The molecule has 1 N–H and O–H groups in total. The van der Waals surface area contributed by atoms with Crippen LogP contribution in [0.3, 0.4) is 0 Å². The van der Waals surface area contributed by atoms with Gasteiger partial charge in [0.25, 0.3) is 0 Å². The molecule has 49 heavy (non-hydrogen) atoms. The Hall–Kier alpha value is -4.18. The fourth-order valence-electron chi connectivity index (χ4n) is 6.96. The van der Waals surface area contributed by atoms with E-state index in [1.54, 1.807) is 13.4 Å². The topological polar surface area (TPSA) is 79.1 Å². The van der Waals surface area contributed by atoms with Crippen molar-refractivity contribution in [2.45, 2.75) is 76.6 Å². The maximum atomic E-state index is 6.69. The van der Waals surface area contributed by atoms with E-state index < -0.39 is 17.2 Å². The van der Waals surface area contributed by atoms with Gasteiger partial charge in [-0.25, -0.2) is 9.50 Å². The zero-order valence-corrected chi connectivity index (χ0v) is 29.4. The first kappa shape index (κ1) is 34.7. The van der Waals surface area contributed by atoms with Crippen LogP contribution in [0.25, 0.3) is 5.52 Å². The van der Waals surface area contributed by atoms with Crippen LogP contribution < -0.4 is 15.5 Å². The number of nitrogens with zero attached hydrogens (tertiary/aromatic N) is 3. The normalized spacial score (nSPS) is 19.3. The largest absolute Gasteiger partial charge is 0.497 e. The molecule has 3 heterocycles. The molecule has 1 radical (unpaired) electrons. The van der Waals surface area contributed by atoms with Crippen LogP contribution in [-0.2, 0) is 19.7 Å². The summed E-state index contributed by atoms with van der Waals surface area (Å²) < 4.78 is 27.2. The second kappa shape index (κ2) is 15.6. The van der Waals surface area contributed by atoms with Crippen LogP contribution in [0.15, 0.2) is 97.3 Å². The molecule has 1 aliphatic heterocycles. The van der Waals surface area contributed by atoms with Gasteiger partial charge in [-0.1, -0.05) is 112 Å². The number of benzene rings is 3. The summed E-state index contributed by atoms with van der Waals surface area (Å²) in [6.07, 6.45) is 5.11. The van der Waals surface area contributed by atoms with Gasteiger partial charge in [-0.3, -0.25) is 0 Å². The number of rotatable bonds is 16. The molecule has 2 aromatic heterocycles. The third-order valence-corrected chi connectivity index (χ3v) is 9.74. The fraction of sp³-hybridized carbons (Fsp3) is 0.400. The number of unbranched alkanes of at least 4 members (excludes halogenated alkanes) is 2. The lowest BCUT2D eigenvalue weighted by atomic mass is 9.73. The van der Waals surface area contributed by atoms with Crippen LogP contribution in [0.2, 0.25) is 6.82 Å². The lowest BCUT2D eigenvalue weighted by Crippen LogP contribution is -2.45. The second-order valence-corrected chi connectivity index (χ2v) is 12.8. The van der Waals surface area contributed by atoms with Gasteiger partial charge in [-0.15, -0.1) is 0 Å². The van der Waals surface area contributed by atoms with Gasteiger partial charge in [-0.05, 0) is 54.7 Å². The molecule has 6 rings (SSSR count). The molecule has 255 valence electrons. The highest BCUT2D eigenvalue weighted by Crippen LogP contribution is 2.44. The lowest BCUT2D eigenvalue weighted by molar-refractivity contribution is -0.135. The smallest absolute Gasteiger partial charge is 0.154 e. The van der Waals surface area contributed by atoms with Crippen LogP contribution in [0.4, 0.5) is 5.82 Å². The Morgan fingerprint density at radius 3 is 2.16 bits per heavy atom. The summed E-state index contributed by atoms with van der Waals surface area (Å²) in [7, 11) is 3.79. The van der Waals surface area contributed by atoms with Gasteiger partial charge in [-0.2, -0.15) is 5.10 Å². The predicted molar refractivity (Wildman–Crippen MR) is 196 cm³/mol. The molecule has 5 aromatic rings. The van der Waals surface area contributed by atoms with Gasteiger partial charge in [0.15, 0.2) is 13.1 Å². The third kappa shape index (κ3) is 6.72. The highest BCUT2D eigenvalue weighted by atomic mass is 16.6. The van der Waals surface area contributed by atoms with Crippen LogP contribution in [0.1, 0.15) is 74.9 Å². The quantitative estimate of drug-likeness (QED) is 0.0674.